The molecular formula is C11H23NOS. The van der Waals surface area contributed by atoms with Crippen LogP contribution in [0.4, 0.5) is 0 Å². The van der Waals surface area contributed by atoms with Gasteiger partial charge in [0.2, 0.25) is 0 Å². The average molecular weight is 217 g/mol. The molecule has 2 nitrogen and oxygen atoms in total. The Morgan fingerprint density at radius 1 is 1.43 bits per heavy atom. The minimum absolute atomic E-state index is 0.601. The third kappa shape index (κ3) is 3.70. The monoisotopic (exact) mass is 217 g/mol. The Morgan fingerprint density at radius 2 is 2.07 bits per heavy atom. The molecule has 0 aromatic heterocycles. The maximum absolute atomic E-state index is 11.1. The van der Waals surface area contributed by atoms with Gasteiger partial charge in [0.15, 0.2) is 0 Å². The van der Waals surface area contributed by atoms with Crippen molar-refractivity contribution in [3.63, 3.8) is 0 Å². The van der Waals surface area contributed by atoms with Crippen molar-refractivity contribution in [2.24, 2.45) is 11.8 Å². The summed E-state index contributed by atoms with van der Waals surface area (Å²) in [6.07, 6.45) is 2.63. The standard InChI is InChI=1S/C11H23NOS/c1-4-14(13)6-5-12-11-7-10(8-11)9(2)3/h9-12H,4-8H2,1-3H3. The van der Waals surface area contributed by atoms with E-state index < -0.39 is 10.8 Å². The minimum atomic E-state index is -0.601. The van der Waals surface area contributed by atoms with E-state index in [1.807, 2.05) is 6.92 Å². The van der Waals surface area contributed by atoms with Gasteiger partial charge in [-0.25, -0.2) is 0 Å². The highest BCUT2D eigenvalue weighted by Gasteiger charge is 2.30. The molecule has 0 bridgehead atoms. The zero-order valence-electron chi connectivity index (χ0n) is 9.58. The topological polar surface area (TPSA) is 29.1 Å². The molecule has 0 spiro atoms. The van der Waals surface area contributed by atoms with E-state index in [9.17, 15) is 4.21 Å². The number of hydrogen-bond donors (Lipinski definition) is 1. The van der Waals surface area contributed by atoms with Crippen LogP contribution in [-0.4, -0.2) is 28.3 Å². The molecule has 84 valence electrons. The van der Waals surface area contributed by atoms with Gasteiger partial charge in [-0.1, -0.05) is 20.8 Å². The first-order chi connectivity index (χ1) is 6.63. The molecule has 3 heteroatoms. The van der Waals surface area contributed by atoms with Crippen molar-refractivity contribution in [2.75, 3.05) is 18.1 Å². The lowest BCUT2D eigenvalue weighted by atomic mass is 9.74. The second kappa shape index (κ2) is 5.86. The minimum Gasteiger partial charge on any atom is -0.313 e. The van der Waals surface area contributed by atoms with E-state index in [1.54, 1.807) is 0 Å². The second-order valence-electron chi connectivity index (χ2n) is 4.56. The summed E-state index contributed by atoms with van der Waals surface area (Å²) in [5.41, 5.74) is 0. The van der Waals surface area contributed by atoms with Crippen LogP contribution in [0.5, 0.6) is 0 Å². The van der Waals surface area contributed by atoms with Gasteiger partial charge in [0.05, 0.1) is 0 Å². The molecule has 1 N–H and O–H groups in total. The summed E-state index contributed by atoms with van der Waals surface area (Å²) in [5, 5.41) is 3.48. The fourth-order valence-electron chi connectivity index (χ4n) is 1.89. The third-order valence-corrected chi connectivity index (χ3v) is 4.51. The van der Waals surface area contributed by atoms with Crippen molar-refractivity contribution in [3.8, 4) is 0 Å². The van der Waals surface area contributed by atoms with Crippen LogP contribution >= 0.6 is 0 Å². The molecule has 0 radical (unpaired) electrons. The van der Waals surface area contributed by atoms with Crippen LogP contribution in [0.2, 0.25) is 0 Å². The van der Waals surface area contributed by atoms with Crippen molar-refractivity contribution >= 4 is 10.8 Å². The van der Waals surface area contributed by atoms with Crippen molar-refractivity contribution in [3.05, 3.63) is 0 Å². The molecule has 0 heterocycles. The summed E-state index contributed by atoms with van der Waals surface area (Å²) in [6, 6.07) is 0.705. The Hall–Kier alpha value is 0.110. The molecule has 1 aliphatic rings. The Bertz CT molecular complexity index is 188. The van der Waals surface area contributed by atoms with E-state index in [-0.39, 0.29) is 0 Å². The van der Waals surface area contributed by atoms with Crippen LogP contribution in [0.25, 0.3) is 0 Å². The average Bonchev–Trinajstić information content (AvgIpc) is 2.07. The lowest BCUT2D eigenvalue weighted by Gasteiger charge is -2.38. The molecule has 1 saturated carbocycles. The predicted octanol–water partition coefficient (Wildman–Crippen LogP) is 1.78. The molecule has 14 heavy (non-hydrogen) atoms. The second-order valence-corrected chi connectivity index (χ2v) is 6.42. The van der Waals surface area contributed by atoms with Crippen molar-refractivity contribution in [1.82, 2.24) is 5.32 Å². The number of rotatable bonds is 6. The Kier molecular flexibility index (Phi) is 5.10. The highest BCUT2D eigenvalue weighted by molar-refractivity contribution is 7.84. The third-order valence-electron chi connectivity index (χ3n) is 3.20. The SMILES string of the molecule is CCS(=O)CCNC1CC(C(C)C)C1. The zero-order valence-corrected chi connectivity index (χ0v) is 10.4. The van der Waals surface area contributed by atoms with E-state index in [1.165, 1.54) is 12.8 Å². The maximum atomic E-state index is 11.1. The van der Waals surface area contributed by atoms with Crippen LogP contribution in [0.15, 0.2) is 0 Å². The maximum Gasteiger partial charge on any atom is 0.0360 e. The van der Waals surface area contributed by atoms with Crippen molar-refractivity contribution in [2.45, 2.75) is 39.7 Å². The van der Waals surface area contributed by atoms with Crippen LogP contribution < -0.4 is 5.32 Å². The van der Waals surface area contributed by atoms with E-state index in [0.717, 1.165) is 29.9 Å². The summed E-state index contributed by atoms with van der Waals surface area (Å²) in [4.78, 5) is 0. The molecular weight excluding hydrogens is 194 g/mol. The molecule has 1 fully saturated rings. The number of nitrogens with one attached hydrogen (secondary N) is 1. The van der Waals surface area contributed by atoms with Gasteiger partial charge in [-0.15, -0.1) is 0 Å². The first-order valence-corrected chi connectivity index (χ1v) is 7.20. The van der Waals surface area contributed by atoms with Crippen LogP contribution in [0.1, 0.15) is 33.6 Å². The predicted molar refractivity (Wildman–Crippen MR) is 62.9 cm³/mol. The largest absolute Gasteiger partial charge is 0.313 e. The van der Waals surface area contributed by atoms with E-state index in [2.05, 4.69) is 19.2 Å². The summed E-state index contributed by atoms with van der Waals surface area (Å²) >= 11 is 0. The van der Waals surface area contributed by atoms with Gasteiger partial charge in [0.1, 0.15) is 0 Å². The fraction of sp³-hybridized carbons (Fsp3) is 1.00. The zero-order chi connectivity index (χ0) is 10.6. The molecule has 0 aromatic rings. The molecule has 0 aromatic carbocycles. The van der Waals surface area contributed by atoms with Gasteiger partial charge < -0.3 is 5.32 Å². The summed E-state index contributed by atoms with van der Waals surface area (Å²) < 4.78 is 11.1. The fourth-order valence-corrected chi connectivity index (χ4v) is 2.53. The van der Waals surface area contributed by atoms with Gasteiger partial charge in [-0.2, -0.15) is 0 Å². The molecule has 0 aliphatic heterocycles. The smallest absolute Gasteiger partial charge is 0.0360 e. The Labute approximate surface area is 90.3 Å². The Morgan fingerprint density at radius 3 is 2.57 bits per heavy atom. The van der Waals surface area contributed by atoms with Crippen LogP contribution in [-0.2, 0) is 10.8 Å². The molecule has 0 amide bonds. The van der Waals surface area contributed by atoms with Gasteiger partial charge in [0, 0.05) is 34.9 Å². The van der Waals surface area contributed by atoms with Gasteiger partial charge in [0.25, 0.3) is 0 Å². The summed E-state index contributed by atoms with van der Waals surface area (Å²) in [5.74, 6) is 3.36. The highest BCUT2D eigenvalue weighted by atomic mass is 32.2. The van der Waals surface area contributed by atoms with E-state index >= 15 is 0 Å². The lowest BCUT2D eigenvalue weighted by Crippen LogP contribution is -2.44. The molecule has 1 unspecified atom stereocenters. The normalized spacial score (nSPS) is 28.9. The van der Waals surface area contributed by atoms with Crippen molar-refractivity contribution in [1.29, 1.82) is 0 Å². The lowest BCUT2D eigenvalue weighted by molar-refractivity contribution is 0.171. The quantitative estimate of drug-likeness (QED) is 0.735. The van der Waals surface area contributed by atoms with Gasteiger partial charge in [-0.3, -0.25) is 4.21 Å². The first-order valence-electron chi connectivity index (χ1n) is 5.71. The van der Waals surface area contributed by atoms with Crippen LogP contribution in [0, 0.1) is 11.8 Å². The number of hydrogen-bond acceptors (Lipinski definition) is 2. The summed E-state index contributed by atoms with van der Waals surface area (Å²) in [6.45, 7) is 7.50. The van der Waals surface area contributed by atoms with E-state index in [0.29, 0.717) is 6.04 Å². The first kappa shape index (κ1) is 12.2. The molecule has 1 aliphatic carbocycles. The highest BCUT2D eigenvalue weighted by Crippen LogP contribution is 2.33. The van der Waals surface area contributed by atoms with Crippen molar-refractivity contribution < 1.29 is 4.21 Å². The molecule has 1 rings (SSSR count). The molecule has 0 saturated heterocycles. The van der Waals surface area contributed by atoms with Gasteiger partial charge in [-0.05, 0) is 24.7 Å². The Balaban J connectivity index is 1.98. The summed E-state index contributed by atoms with van der Waals surface area (Å²) in [7, 11) is -0.601. The van der Waals surface area contributed by atoms with Crippen LogP contribution in [0.3, 0.4) is 0 Å². The van der Waals surface area contributed by atoms with E-state index in [4.69, 9.17) is 0 Å². The van der Waals surface area contributed by atoms with Gasteiger partial charge >= 0.3 is 0 Å². The molecule has 1 atom stereocenters.